The van der Waals surface area contributed by atoms with Gasteiger partial charge >= 0.3 is 0 Å². The molecule has 1 fully saturated rings. The molecule has 3 rings (SSSR count). The summed E-state index contributed by atoms with van der Waals surface area (Å²) in [4.78, 5) is 0. The molecule has 2 aromatic carbocycles. The van der Waals surface area contributed by atoms with Gasteiger partial charge in [0.05, 0.1) is 11.6 Å². The second kappa shape index (κ2) is 13.4. The minimum absolute atomic E-state index is 0.329. The second-order valence-corrected chi connectivity index (χ2v) is 9.84. The van der Waals surface area contributed by atoms with Crippen LogP contribution in [0.1, 0.15) is 102 Å². The predicted octanol–water partition coefficient (Wildman–Crippen LogP) is 9.24. The van der Waals surface area contributed by atoms with Crippen molar-refractivity contribution in [3.63, 3.8) is 0 Å². The van der Waals surface area contributed by atoms with Crippen LogP contribution in [0.4, 0.5) is 4.39 Å². The van der Waals surface area contributed by atoms with Gasteiger partial charge in [-0.15, -0.1) is 0 Å². The Labute approximate surface area is 195 Å². The molecule has 172 valence electrons. The van der Waals surface area contributed by atoms with Gasteiger partial charge in [0, 0.05) is 5.56 Å². The fraction of sp³-hybridized carbons (Fsp3) is 0.567. The first-order valence-electron chi connectivity index (χ1n) is 13.0. The quantitative estimate of drug-likeness (QED) is 0.306. The van der Waals surface area contributed by atoms with E-state index in [2.05, 4.69) is 19.1 Å². The zero-order valence-electron chi connectivity index (χ0n) is 19.9. The van der Waals surface area contributed by atoms with Crippen LogP contribution in [0.3, 0.4) is 0 Å². The molecule has 1 aliphatic carbocycles. The Morgan fingerprint density at radius 2 is 1.44 bits per heavy atom. The summed E-state index contributed by atoms with van der Waals surface area (Å²) in [6.45, 7) is 2.29. The van der Waals surface area contributed by atoms with Crippen LogP contribution in [0.2, 0.25) is 0 Å². The number of aryl methyl sites for hydroxylation is 1. The number of halogens is 1. The van der Waals surface area contributed by atoms with Crippen molar-refractivity contribution in [3.05, 3.63) is 59.4 Å². The Hall–Kier alpha value is -2.14. The highest BCUT2D eigenvalue weighted by molar-refractivity contribution is 5.65. The zero-order chi connectivity index (χ0) is 22.6. The first-order chi connectivity index (χ1) is 15.7. The van der Waals surface area contributed by atoms with Crippen LogP contribution in [0.15, 0.2) is 42.5 Å². The summed E-state index contributed by atoms with van der Waals surface area (Å²) in [5.74, 6) is 1.52. The molecule has 0 amide bonds. The lowest BCUT2D eigenvalue weighted by Gasteiger charge is -2.28. The number of benzene rings is 2. The van der Waals surface area contributed by atoms with Crippen LogP contribution in [-0.4, -0.2) is 0 Å². The van der Waals surface area contributed by atoms with E-state index >= 15 is 0 Å². The molecule has 0 radical (unpaired) electrons. The van der Waals surface area contributed by atoms with Crippen LogP contribution >= 0.6 is 0 Å². The lowest BCUT2D eigenvalue weighted by Crippen LogP contribution is -2.15. The molecule has 0 atom stereocenters. The first kappa shape index (κ1) is 24.5. The molecule has 32 heavy (non-hydrogen) atoms. The molecule has 2 heteroatoms. The topological polar surface area (TPSA) is 23.8 Å². The minimum atomic E-state index is -0.329. The monoisotopic (exact) mass is 433 g/mol. The molecule has 0 unspecified atom stereocenters. The number of unbranched alkanes of at least 4 members (excludes halogenated alkanes) is 6. The van der Waals surface area contributed by atoms with E-state index in [0.717, 1.165) is 23.8 Å². The maximum atomic E-state index is 14.3. The summed E-state index contributed by atoms with van der Waals surface area (Å²) in [5.41, 5.74) is 3.14. The summed E-state index contributed by atoms with van der Waals surface area (Å²) in [5, 5.41) is 8.91. The summed E-state index contributed by atoms with van der Waals surface area (Å²) in [6.07, 6.45) is 19.4. The van der Waals surface area contributed by atoms with Crippen molar-refractivity contribution in [2.24, 2.45) is 11.8 Å². The predicted molar refractivity (Wildman–Crippen MR) is 133 cm³/mol. The third-order valence-corrected chi connectivity index (χ3v) is 7.39. The molecule has 0 aliphatic heterocycles. The van der Waals surface area contributed by atoms with E-state index in [-0.39, 0.29) is 5.82 Å². The van der Waals surface area contributed by atoms with Gasteiger partial charge in [-0.25, -0.2) is 4.39 Å². The van der Waals surface area contributed by atoms with E-state index in [1.165, 1.54) is 95.1 Å². The smallest absolute Gasteiger partial charge is 0.132 e. The molecular weight excluding hydrogens is 393 g/mol. The van der Waals surface area contributed by atoms with E-state index in [0.29, 0.717) is 11.1 Å². The molecule has 2 aromatic rings. The van der Waals surface area contributed by atoms with Crippen molar-refractivity contribution < 1.29 is 4.39 Å². The van der Waals surface area contributed by atoms with E-state index in [1.54, 1.807) is 12.1 Å². The Morgan fingerprint density at radius 3 is 2.06 bits per heavy atom. The molecule has 0 spiro atoms. The van der Waals surface area contributed by atoms with Gasteiger partial charge in [0.2, 0.25) is 0 Å². The van der Waals surface area contributed by atoms with Crippen molar-refractivity contribution in [2.75, 3.05) is 0 Å². The third-order valence-electron chi connectivity index (χ3n) is 7.39. The average molecular weight is 434 g/mol. The van der Waals surface area contributed by atoms with Gasteiger partial charge in [-0.3, -0.25) is 0 Å². The molecule has 0 N–H and O–H groups in total. The number of rotatable bonds is 12. The van der Waals surface area contributed by atoms with Gasteiger partial charge in [0.15, 0.2) is 0 Å². The lowest BCUT2D eigenvalue weighted by molar-refractivity contribution is 0.248. The van der Waals surface area contributed by atoms with Crippen LogP contribution in [0.25, 0.3) is 11.1 Å². The highest BCUT2D eigenvalue weighted by Gasteiger charge is 2.20. The number of hydrogen-bond donors (Lipinski definition) is 0. The van der Waals surface area contributed by atoms with Gasteiger partial charge in [0.25, 0.3) is 0 Å². The molecule has 1 saturated carbocycles. The van der Waals surface area contributed by atoms with E-state index in [9.17, 15) is 4.39 Å². The number of nitrogens with zero attached hydrogens (tertiary/aromatic N) is 1. The number of hydrogen-bond acceptors (Lipinski definition) is 1. The van der Waals surface area contributed by atoms with Crippen LogP contribution < -0.4 is 0 Å². The van der Waals surface area contributed by atoms with E-state index in [4.69, 9.17) is 5.26 Å². The second-order valence-electron chi connectivity index (χ2n) is 9.84. The van der Waals surface area contributed by atoms with E-state index < -0.39 is 0 Å². The fourth-order valence-corrected chi connectivity index (χ4v) is 5.24. The summed E-state index contributed by atoms with van der Waals surface area (Å²) in [7, 11) is 0. The summed E-state index contributed by atoms with van der Waals surface area (Å²) < 4.78 is 14.3. The lowest BCUT2D eigenvalue weighted by atomic mass is 9.77. The van der Waals surface area contributed by atoms with Crippen molar-refractivity contribution in [3.8, 4) is 17.2 Å². The molecule has 0 aromatic heterocycles. The Balaban J connectivity index is 1.34. The van der Waals surface area contributed by atoms with E-state index in [1.807, 2.05) is 18.2 Å². The van der Waals surface area contributed by atoms with Crippen LogP contribution in [0, 0.1) is 29.0 Å². The molecule has 1 aliphatic rings. The van der Waals surface area contributed by atoms with Crippen molar-refractivity contribution in [2.45, 2.75) is 96.8 Å². The summed E-state index contributed by atoms with van der Waals surface area (Å²) in [6, 6.07) is 15.0. The van der Waals surface area contributed by atoms with Gasteiger partial charge in [0.1, 0.15) is 5.82 Å². The Bertz CT molecular complexity index is 840. The molecule has 0 saturated heterocycles. The highest BCUT2D eigenvalue weighted by atomic mass is 19.1. The van der Waals surface area contributed by atoms with Crippen molar-refractivity contribution in [1.82, 2.24) is 0 Å². The van der Waals surface area contributed by atoms with Gasteiger partial charge < -0.3 is 0 Å². The largest absolute Gasteiger partial charge is 0.206 e. The van der Waals surface area contributed by atoms with Gasteiger partial charge in [-0.1, -0.05) is 114 Å². The van der Waals surface area contributed by atoms with Gasteiger partial charge in [-0.05, 0) is 47.9 Å². The standard InChI is InChI=1S/C30H40FN/c1-2-3-4-5-6-7-8-9-24-10-12-25(13-11-24)14-15-26-16-19-28(20-17-26)29-21-18-27(23-32)22-30(29)31/h16-22,24-25H,2-15H2,1H3. The fourth-order valence-electron chi connectivity index (χ4n) is 5.24. The normalized spacial score (nSPS) is 18.4. The first-order valence-corrected chi connectivity index (χ1v) is 13.0. The number of nitriles is 1. The highest BCUT2D eigenvalue weighted by Crippen LogP contribution is 2.34. The van der Waals surface area contributed by atoms with Crippen molar-refractivity contribution >= 4 is 0 Å². The Kier molecular flexibility index (Phi) is 10.3. The zero-order valence-corrected chi connectivity index (χ0v) is 19.9. The SMILES string of the molecule is CCCCCCCCCC1CCC(CCc2ccc(-c3ccc(C#N)cc3F)cc2)CC1. The maximum absolute atomic E-state index is 14.3. The van der Waals surface area contributed by atoms with Gasteiger partial charge in [-0.2, -0.15) is 5.26 Å². The minimum Gasteiger partial charge on any atom is -0.206 e. The van der Waals surface area contributed by atoms with Crippen LogP contribution in [0.5, 0.6) is 0 Å². The Morgan fingerprint density at radius 1 is 0.812 bits per heavy atom. The maximum Gasteiger partial charge on any atom is 0.132 e. The molecule has 0 bridgehead atoms. The third kappa shape index (κ3) is 7.77. The molecular formula is C30H40FN. The summed E-state index contributed by atoms with van der Waals surface area (Å²) >= 11 is 0. The van der Waals surface area contributed by atoms with Crippen LogP contribution in [-0.2, 0) is 6.42 Å². The van der Waals surface area contributed by atoms with Crippen molar-refractivity contribution in [1.29, 1.82) is 5.26 Å². The molecule has 1 nitrogen and oxygen atoms in total. The average Bonchev–Trinajstić information content (AvgIpc) is 2.83. The molecule has 0 heterocycles.